The Labute approximate surface area is 358 Å². The van der Waals surface area contributed by atoms with Crippen LogP contribution in [0, 0.1) is 5.92 Å². The Hall–Kier alpha value is -5.74. The first-order chi connectivity index (χ1) is 28.4. The average Bonchev–Trinajstić information content (AvgIpc) is 3.13. The van der Waals surface area contributed by atoms with Crippen molar-refractivity contribution in [1.82, 2.24) is 31.5 Å². The molecule has 0 unspecified atom stereocenters. The van der Waals surface area contributed by atoms with Gasteiger partial charge in [0.1, 0.15) is 46.4 Å². The summed E-state index contributed by atoms with van der Waals surface area (Å²) in [4.78, 5) is 82.2. The molecule has 2 aromatic carbocycles. The van der Waals surface area contributed by atoms with Crippen LogP contribution in [0.5, 0.6) is 11.5 Å². The number of rotatable bonds is 8. The summed E-state index contributed by atoms with van der Waals surface area (Å²) in [5, 5.41) is 35.7. The van der Waals surface area contributed by atoms with Gasteiger partial charge in [0.25, 0.3) is 0 Å². The summed E-state index contributed by atoms with van der Waals surface area (Å²) in [5.41, 5.74) is -0.408. The monoisotopic (exact) mass is 852 g/mol. The number of carbonyl (C=O) groups is 6. The molecule has 2 aliphatic heterocycles. The van der Waals surface area contributed by atoms with Crippen molar-refractivity contribution in [1.29, 1.82) is 0 Å². The highest BCUT2D eigenvalue weighted by molar-refractivity contribution is 5.94. The van der Waals surface area contributed by atoms with Gasteiger partial charge in [-0.05, 0) is 140 Å². The van der Waals surface area contributed by atoms with E-state index in [-0.39, 0.29) is 56.2 Å². The zero-order valence-corrected chi connectivity index (χ0v) is 36.9. The molecule has 0 saturated carbocycles. The van der Waals surface area contributed by atoms with Crippen LogP contribution in [0.4, 0.5) is 14.4 Å². The fourth-order valence-corrected chi connectivity index (χ4v) is 6.80. The zero-order valence-electron chi connectivity index (χ0n) is 36.9. The molecule has 17 nitrogen and oxygen atoms in total. The molecular formula is C44H64N6O11. The lowest BCUT2D eigenvalue weighted by Gasteiger charge is -2.33. The molecule has 1 fully saturated rings. The van der Waals surface area contributed by atoms with Gasteiger partial charge in [-0.15, -0.1) is 0 Å². The summed E-state index contributed by atoms with van der Waals surface area (Å²) in [7, 11) is 0. The van der Waals surface area contributed by atoms with Gasteiger partial charge in [-0.25, -0.2) is 14.4 Å². The minimum atomic E-state index is -1.34. The number of phenolic OH excluding ortho intramolecular Hbond substituents is 2. The third-order valence-corrected chi connectivity index (χ3v) is 9.78. The van der Waals surface area contributed by atoms with E-state index in [2.05, 4.69) is 26.6 Å². The van der Waals surface area contributed by atoms with E-state index in [0.717, 1.165) is 0 Å². The van der Waals surface area contributed by atoms with E-state index in [1.54, 1.807) is 91.5 Å². The van der Waals surface area contributed by atoms with Crippen molar-refractivity contribution in [3.8, 4) is 22.6 Å². The number of nitrogens with zero attached hydrogens (tertiary/aromatic N) is 1. The molecular weight excluding hydrogens is 789 g/mol. The molecule has 4 bridgehead atoms. The predicted octanol–water partition coefficient (Wildman–Crippen LogP) is 4.79. The van der Waals surface area contributed by atoms with Crippen LogP contribution < -0.4 is 26.6 Å². The van der Waals surface area contributed by atoms with Crippen LogP contribution >= 0.6 is 0 Å². The third kappa shape index (κ3) is 15.7. The minimum absolute atomic E-state index is 0.0153. The molecule has 61 heavy (non-hydrogen) atoms. The van der Waals surface area contributed by atoms with Gasteiger partial charge in [-0.2, -0.15) is 0 Å². The maximum absolute atomic E-state index is 14.3. The topological polar surface area (TPSA) is 234 Å². The summed E-state index contributed by atoms with van der Waals surface area (Å²) in [6.45, 7) is 16.8. The lowest BCUT2D eigenvalue weighted by atomic mass is 9.95. The van der Waals surface area contributed by atoms with Crippen LogP contribution in [0.3, 0.4) is 0 Å². The second kappa shape index (κ2) is 20.2. The largest absolute Gasteiger partial charge is 0.508 e. The molecule has 0 spiro atoms. The lowest BCUT2D eigenvalue weighted by Crippen LogP contribution is -2.58. The second-order valence-electron chi connectivity index (χ2n) is 18.6. The Morgan fingerprint density at radius 3 is 1.82 bits per heavy atom. The summed E-state index contributed by atoms with van der Waals surface area (Å²) in [5.74, 6) is -2.28. The zero-order chi connectivity index (χ0) is 45.3. The SMILES string of the molecule is CC(C)(C)OC(=O)NCCC[C@@H]1NC(=O)[C@@H](NC(=O)OC(C)(C)C)Cc2cc(ccc2O)-c2ccc(O)c(c2)C[C@@H](C(=O)NCC2CCN(C(=O)OC(C)(C)C)CC2)NC1=O. The van der Waals surface area contributed by atoms with E-state index in [1.807, 2.05) is 0 Å². The van der Waals surface area contributed by atoms with E-state index in [9.17, 15) is 39.0 Å². The number of likely N-dealkylation sites (tertiary alicyclic amines) is 1. The second-order valence-corrected chi connectivity index (χ2v) is 18.6. The van der Waals surface area contributed by atoms with E-state index >= 15 is 0 Å². The highest BCUT2D eigenvalue weighted by atomic mass is 16.6. The summed E-state index contributed by atoms with van der Waals surface area (Å²) >= 11 is 0. The van der Waals surface area contributed by atoms with Crippen LogP contribution in [0.15, 0.2) is 36.4 Å². The number of fused-ring (bicyclic) bond motifs is 5. The lowest BCUT2D eigenvalue weighted by molar-refractivity contribution is -0.132. The Kier molecular flexibility index (Phi) is 15.9. The molecule has 6 amide bonds. The maximum Gasteiger partial charge on any atom is 0.410 e. The van der Waals surface area contributed by atoms with E-state index < -0.39 is 70.9 Å². The fourth-order valence-electron chi connectivity index (χ4n) is 6.80. The van der Waals surface area contributed by atoms with Crippen molar-refractivity contribution in [2.75, 3.05) is 26.2 Å². The number of nitrogens with one attached hydrogen (secondary N) is 5. The van der Waals surface area contributed by atoms with Crippen molar-refractivity contribution >= 4 is 36.0 Å². The number of piperidine rings is 1. The van der Waals surface area contributed by atoms with Crippen molar-refractivity contribution in [2.45, 2.75) is 136 Å². The molecule has 2 aromatic rings. The van der Waals surface area contributed by atoms with Gasteiger partial charge in [0.15, 0.2) is 0 Å². The maximum atomic E-state index is 14.3. The number of ether oxygens (including phenoxy) is 3. The van der Waals surface area contributed by atoms with Gasteiger partial charge < -0.3 is 55.9 Å². The third-order valence-electron chi connectivity index (χ3n) is 9.78. The number of aromatic hydroxyl groups is 2. The number of benzene rings is 2. The minimum Gasteiger partial charge on any atom is -0.508 e. The Morgan fingerprint density at radius 2 is 1.26 bits per heavy atom. The van der Waals surface area contributed by atoms with E-state index in [4.69, 9.17) is 14.2 Å². The normalized spacial score (nSPS) is 19.2. The smallest absolute Gasteiger partial charge is 0.410 e. The molecule has 17 heteroatoms. The van der Waals surface area contributed by atoms with Crippen molar-refractivity contribution in [3.63, 3.8) is 0 Å². The summed E-state index contributed by atoms with van der Waals surface area (Å²) < 4.78 is 16.3. The van der Waals surface area contributed by atoms with Crippen LogP contribution in [0.25, 0.3) is 11.1 Å². The van der Waals surface area contributed by atoms with Gasteiger partial charge in [-0.3, -0.25) is 14.4 Å². The number of amides is 6. The van der Waals surface area contributed by atoms with E-state index in [1.165, 1.54) is 12.1 Å². The van der Waals surface area contributed by atoms with Crippen molar-refractivity contribution in [2.24, 2.45) is 5.92 Å². The first-order valence-corrected chi connectivity index (χ1v) is 20.8. The number of hydrogen-bond acceptors (Lipinski definition) is 11. The first-order valence-electron chi connectivity index (χ1n) is 20.8. The van der Waals surface area contributed by atoms with Gasteiger partial charge in [-0.1, -0.05) is 12.1 Å². The molecule has 7 N–H and O–H groups in total. The highest BCUT2D eigenvalue weighted by Gasteiger charge is 2.33. The summed E-state index contributed by atoms with van der Waals surface area (Å²) in [6, 6.07) is 5.74. The Morgan fingerprint density at radius 1 is 0.721 bits per heavy atom. The van der Waals surface area contributed by atoms with Crippen LogP contribution in [0.2, 0.25) is 0 Å². The number of phenols is 2. The molecule has 1 saturated heterocycles. The molecule has 336 valence electrons. The highest BCUT2D eigenvalue weighted by Crippen LogP contribution is 2.31. The van der Waals surface area contributed by atoms with Gasteiger partial charge in [0, 0.05) is 39.0 Å². The predicted molar refractivity (Wildman–Crippen MR) is 227 cm³/mol. The fraction of sp³-hybridized carbons (Fsp3) is 0.591. The Bertz CT molecular complexity index is 1910. The molecule has 3 atom stereocenters. The Balaban J connectivity index is 1.65. The van der Waals surface area contributed by atoms with Crippen LogP contribution in [-0.4, -0.2) is 112 Å². The molecule has 2 aliphatic rings. The van der Waals surface area contributed by atoms with Gasteiger partial charge in [0.2, 0.25) is 17.7 Å². The molecule has 0 aromatic heterocycles. The van der Waals surface area contributed by atoms with Crippen LogP contribution in [-0.2, 0) is 41.4 Å². The van der Waals surface area contributed by atoms with Crippen molar-refractivity contribution in [3.05, 3.63) is 47.5 Å². The number of alkyl carbamates (subject to hydrolysis) is 2. The molecule has 0 radical (unpaired) electrons. The molecule has 0 aliphatic carbocycles. The van der Waals surface area contributed by atoms with Gasteiger partial charge in [0.05, 0.1) is 0 Å². The standard InChI is InChI=1S/C44H64N6O11/c1-42(2,3)59-39(56)45-18-10-11-31-37(54)48-32(36(53)46-25-26-16-19-50(20-17-26)41(58)61-44(7,8)9)23-29-21-27(12-14-34(29)51)28-13-15-35(52)30(22-28)24-33(38(55)47-31)49-40(57)60-43(4,5)6/h12-15,21-22,26,31-33,51-52H,10-11,16-20,23-25H2,1-9H3,(H,45,56)(H,46,53)(H,47,55)(H,48,54)(H,49,57)/t31-,32-,33-/m0/s1. The van der Waals surface area contributed by atoms with E-state index in [0.29, 0.717) is 48.2 Å². The molecule has 4 rings (SSSR count). The quantitative estimate of drug-likeness (QED) is 0.141. The number of carbonyl (C=O) groups excluding carboxylic acids is 6. The van der Waals surface area contributed by atoms with Gasteiger partial charge >= 0.3 is 18.3 Å². The molecule has 2 heterocycles. The van der Waals surface area contributed by atoms with Crippen molar-refractivity contribution < 1.29 is 53.2 Å². The number of hydrogen-bond donors (Lipinski definition) is 7. The summed E-state index contributed by atoms with van der Waals surface area (Å²) in [6.07, 6.45) is -0.913. The average molecular weight is 853 g/mol. The first kappa shape index (κ1) is 47.9. The van der Waals surface area contributed by atoms with Crippen LogP contribution in [0.1, 0.15) is 99.1 Å².